The lowest BCUT2D eigenvalue weighted by molar-refractivity contribution is -0.118. The van der Waals surface area contributed by atoms with Crippen molar-refractivity contribution in [3.63, 3.8) is 0 Å². The first kappa shape index (κ1) is 18.5. The van der Waals surface area contributed by atoms with Gasteiger partial charge in [-0.25, -0.2) is 4.39 Å². The quantitative estimate of drug-likeness (QED) is 0.776. The highest BCUT2D eigenvalue weighted by molar-refractivity contribution is 7.80. The summed E-state index contributed by atoms with van der Waals surface area (Å²) in [6.07, 6.45) is 0.0859. The zero-order chi connectivity index (χ0) is 18.2. The summed E-state index contributed by atoms with van der Waals surface area (Å²) < 4.78 is 13.7. The van der Waals surface area contributed by atoms with Gasteiger partial charge in [-0.3, -0.25) is 14.9 Å². The zero-order valence-electron chi connectivity index (χ0n) is 13.4. The maximum atomic E-state index is 13.7. The van der Waals surface area contributed by atoms with Crippen molar-refractivity contribution in [2.24, 2.45) is 5.73 Å². The van der Waals surface area contributed by atoms with Crippen LogP contribution in [-0.4, -0.2) is 28.4 Å². The van der Waals surface area contributed by atoms with Gasteiger partial charge in [0.25, 0.3) is 5.91 Å². The van der Waals surface area contributed by atoms with Crippen molar-refractivity contribution >= 4 is 29.1 Å². The molecule has 0 aromatic heterocycles. The van der Waals surface area contributed by atoms with E-state index in [1.807, 2.05) is 30.3 Å². The van der Waals surface area contributed by atoms with E-state index in [9.17, 15) is 14.0 Å². The number of nitrogens with zero attached hydrogens (tertiary/aromatic N) is 1. The van der Waals surface area contributed by atoms with E-state index >= 15 is 0 Å². The molecule has 25 heavy (non-hydrogen) atoms. The fraction of sp³-hybridized carbons (Fsp3) is 0.167. The van der Waals surface area contributed by atoms with Gasteiger partial charge in [-0.05, 0) is 29.9 Å². The van der Waals surface area contributed by atoms with Crippen molar-refractivity contribution in [2.45, 2.75) is 13.0 Å². The van der Waals surface area contributed by atoms with E-state index in [0.29, 0.717) is 6.54 Å². The Morgan fingerprint density at radius 3 is 2.36 bits per heavy atom. The molecule has 2 aromatic carbocycles. The van der Waals surface area contributed by atoms with E-state index in [1.54, 1.807) is 11.0 Å². The standard InChI is InChI=1S/C18H18FN3O2S/c19-15-9-5-4-8-14(15)17(24)21-18(25)22(11-10-16(20)23)12-13-6-2-1-3-7-13/h1-9H,10-12H2,(H2,20,23)(H,21,24,25). The van der Waals surface area contributed by atoms with Crippen LogP contribution in [0.1, 0.15) is 22.3 Å². The van der Waals surface area contributed by atoms with E-state index in [1.165, 1.54) is 18.2 Å². The van der Waals surface area contributed by atoms with Gasteiger partial charge in [-0.2, -0.15) is 0 Å². The fourth-order valence-electron chi connectivity index (χ4n) is 2.19. The molecule has 0 atom stereocenters. The molecule has 7 heteroatoms. The van der Waals surface area contributed by atoms with E-state index in [4.69, 9.17) is 18.0 Å². The Balaban J connectivity index is 2.09. The molecule has 0 aliphatic heterocycles. The van der Waals surface area contributed by atoms with Gasteiger partial charge in [0.1, 0.15) is 5.82 Å². The fourth-order valence-corrected chi connectivity index (χ4v) is 2.44. The van der Waals surface area contributed by atoms with E-state index in [0.717, 1.165) is 5.56 Å². The van der Waals surface area contributed by atoms with Gasteiger partial charge in [0.2, 0.25) is 5.91 Å². The van der Waals surface area contributed by atoms with E-state index in [2.05, 4.69) is 5.32 Å². The average Bonchev–Trinajstić information content (AvgIpc) is 2.59. The Labute approximate surface area is 150 Å². The van der Waals surface area contributed by atoms with Crippen LogP contribution in [0.25, 0.3) is 0 Å². The first-order valence-corrected chi connectivity index (χ1v) is 8.05. The van der Waals surface area contributed by atoms with E-state index in [-0.39, 0.29) is 23.6 Å². The largest absolute Gasteiger partial charge is 0.370 e. The van der Waals surface area contributed by atoms with Gasteiger partial charge in [0.05, 0.1) is 5.56 Å². The zero-order valence-corrected chi connectivity index (χ0v) is 14.3. The predicted octanol–water partition coefficient (Wildman–Crippen LogP) is 2.22. The molecule has 0 aliphatic carbocycles. The summed E-state index contributed by atoms with van der Waals surface area (Å²) in [4.78, 5) is 24.9. The van der Waals surface area contributed by atoms with Gasteiger partial charge in [-0.1, -0.05) is 42.5 Å². The van der Waals surface area contributed by atoms with E-state index < -0.39 is 17.6 Å². The van der Waals surface area contributed by atoms with Crippen molar-refractivity contribution in [1.82, 2.24) is 10.2 Å². The molecule has 2 aromatic rings. The second-order valence-corrected chi connectivity index (χ2v) is 5.75. The highest BCUT2D eigenvalue weighted by Gasteiger charge is 2.17. The lowest BCUT2D eigenvalue weighted by Gasteiger charge is -2.25. The molecule has 3 N–H and O–H groups in total. The Hall–Kier alpha value is -2.80. The molecule has 0 heterocycles. The predicted molar refractivity (Wildman–Crippen MR) is 97.1 cm³/mol. The van der Waals surface area contributed by atoms with Gasteiger partial charge in [0, 0.05) is 19.5 Å². The minimum atomic E-state index is -0.639. The SMILES string of the molecule is NC(=O)CCN(Cc1ccccc1)C(=S)NC(=O)c1ccccc1F. The van der Waals surface area contributed by atoms with Crippen LogP contribution >= 0.6 is 12.2 Å². The molecule has 0 aliphatic rings. The number of hydrogen-bond acceptors (Lipinski definition) is 3. The second-order valence-electron chi connectivity index (χ2n) is 5.36. The van der Waals surface area contributed by atoms with Crippen LogP contribution in [-0.2, 0) is 11.3 Å². The highest BCUT2D eigenvalue weighted by atomic mass is 32.1. The van der Waals surface area contributed by atoms with Crippen molar-refractivity contribution in [3.05, 3.63) is 71.5 Å². The lowest BCUT2D eigenvalue weighted by atomic mass is 10.2. The molecular weight excluding hydrogens is 341 g/mol. The molecule has 2 rings (SSSR count). The summed E-state index contributed by atoms with van der Waals surface area (Å²) in [5.74, 6) is -1.74. The molecular formula is C18H18FN3O2S. The maximum absolute atomic E-state index is 13.7. The van der Waals surface area contributed by atoms with Crippen LogP contribution in [0.15, 0.2) is 54.6 Å². The summed E-state index contributed by atoms with van der Waals surface area (Å²) in [5.41, 5.74) is 6.06. The third kappa shape index (κ3) is 5.65. The minimum Gasteiger partial charge on any atom is -0.370 e. The van der Waals surface area contributed by atoms with Crippen LogP contribution in [0.5, 0.6) is 0 Å². The molecule has 130 valence electrons. The first-order valence-electron chi connectivity index (χ1n) is 7.64. The minimum absolute atomic E-state index is 0.0859. The van der Waals surface area contributed by atoms with Crippen LogP contribution in [0.4, 0.5) is 4.39 Å². The number of thiocarbonyl (C=S) groups is 1. The molecule has 2 amide bonds. The lowest BCUT2D eigenvalue weighted by Crippen LogP contribution is -2.43. The number of hydrogen-bond donors (Lipinski definition) is 2. The van der Waals surface area contributed by atoms with Gasteiger partial charge >= 0.3 is 0 Å². The van der Waals surface area contributed by atoms with Crippen molar-refractivity contribution in [2.75, 3.05) is 6.54 Å². The number of nitrogens with two attached hydrogens (primary N) is 1. The Kier molecular flexibility index (Phi) is 6.59. The maximum Gasteiger partial charge on any atom is 0.260 e. The highest BCUT2D eigenvalue weighted by Crippen LogP contribution is 2.09. The second kappa shape index (κ2) is 8.89. The smallest absolute Gasteiger partial charge is 0.260 e. The van der Waals surface area contributed by atoms with Crippen LogP contribution in [0, 0.1) is 5.82 Å². The number of amides is 2. The molecule has 5 nitrogen and oxygen atoms in total. The van der Waals surface area contributed by atoms with Gasteiger partial charge in [0.15, 0.2) is 5.11 Å². The van der Waals surface area contributed by atoms with Crippen molar-refractivity contribution in [3.8, 4) is 0 Å². The number of rotatable bonds is 6. The summed E-state index contributed by atoms with van der Waals surface area (Å²) >= 11 is 5.27. The molecule has 0 spiro atoms. The third-order valence-corrected chi connectivity index (χ3v) is 3.83. The van der Waals surface area contributed by atoms with Crippen molar-refractivity contribution in [1.29, 1.82) is 0 Å². The Morgan fingerprint density at radius 2 is 1.72 bits per heavy atom. The third-order valence-electron chi connectivity index (χ3n) is 3.47. The molecule has 0 unspecified atom stereocenters. The normalized spacial score (nSPS) is 10.1. The number of primary amides is 1. The topological polar surface area (TPSA) is 75.4 Å². The number of carbonyl (C=O) groups is 2. The molecule has 0 fully saturated rings. The summed E-state index contributed by atoms with van der Waals surface area (Å²) in [5, 5.41) is 2.62. The summed E-state index contributed by atoms with van der Waals surface area (Å²) in [6.45, 7) is 0.644. The van der Waals surface area contributed by atoms with Crippen LogP contribution in [0.2, 0.25) is 0 Å². The Bertz CT molecular complexity index is 768. The number of carbonyl (C=O) groups excluding carboxylic acids is 2. The summed E-state index contributed by atoms with van der Waals surface area (Å²) in [7, 11) is 0. The Morgan fingerprint density at radius 1 is 1.08 bits per heavy atom. The van der Waals surface area contributed by atoms with Gasteiger partial charge in [-0.15, -0.1) is 0 Å². The molecule has 0 radical (unpaired) electrons. The first-order chi connectivity index (χ1) is 12.0. The molecule has 0 saturated carbocycles. The van der Waals surface area contributed by atoms with Crippen molar-refractivity contribution < 1.29 is 14.0 Å². The number of benzene rings is 2. The average molecular weight is 359 g/mol. The monoisotopic (exact) mass is 359 g/mol. The van der Waals surface area contributed by atoms with Crippen LogP contribution < -0.4 is 11.1 Å². The summed E-state index contributed by atoms with van der Waals surface area (Å²) in [6, 6.07) is 15.1. The van der Waals surface area contributed by atoms with Crippen LogP contribution in [0.3, 0.4) is 0 Å². The number of halogens is 1. The molecule has 0 saturated heterocycles. The van der Waals surface area contributed by atoms with Gasteiger partial charge < -0.3 is 10.6 Å². The molecule has 0 bridgehead atoms. The number of nitrogens with one attached hydrogen (secondary N) is 1.